The van der Waals surface area contributed by atoms with E-state index in [2.05, 4.69) is 0 Å². The van der Waals surface area contributed by atoms with Crippen LogP contribution in [0, 0.1) is 6.92 Å². The number of hydrogen-bond acceptors (Lipinski definition) is 7. The van der Waals surface area contributed by atoms with Crippen molar-refractivity contribution < 1.29 is 33.7 Å². The van der Waals surface area contributed by atoms with Crippen molar-refractivity contribution in [1.82, 2.24) is 0 Å². The third kappa shape index (κ3) is 4.63. The van der Waals surface area contributed by atoms with Gasteiger partial charge in [0.05, 0.1) is 49.1 Å². The lowest BCUT2D eigenvalue weighted by Crippen LogP contribution is -2.29. The largest absolute Gasteiger partial charge is 0.507 e. The molecule has 1 saturated heterocycles. The van der Waals surface area contributed by atoms with Gasteiger partial charge in [0.25, 0.3) is 11.7 Å². The molecule has 8 nitrogen and oxygen atoms in total. The number of ketones is 1. The van der Waals surface area contributed by atoms with E-state index >= 15 is 0 Å². The zero-order valence-electron chi connectivity index (χ0n) is 20.6. The SMILES string of the molecule is COC(=O)c1cccc(N2C(=O)C(=O)/C(=C(/O)c3cc(C)cc(Cl)c3OC)C2c2ccc(OC)cc2)c1. The monoisotopic (exact) mass is 521 g/mol. The molecule has 1 atom stereocenters. The molecule has 3 aromatic rings. The second-order valence-corrected chi connectivity index (χ2v) is 8.72. The first-order valence-corrected chi connectivity index (χ1v) is 11.6. The molecule has 0 saturated carbocycles. The Morgan fingerprint density at radius 1 is 0.973 bits per heavy atom. The lowest BCUT2D eigenvalue weighted by molar-refractivity contribution is -0.132. The van der Waals surface area contributed by atoms with Gasteiger partial charge in [-0.15, -0.1) is 0 Å². The fourth-order valence-corrected chi connectivity index (χ4v) is 4.71. The number of rotatable bonds is 6. The highest BCUT2D eigenvalue weighted by Crippen LogP contribution is 2.44. The van der Waals surface area contributed by atoms with Crippen molar-refractivity contribution >= 4 is 40.7 Å². The number of aliphatic hydroxyl groups excluding tert-OH is 1. The third-order valence-electron chi connectivity index (χ3n) is 6.07. The number of aryl methyl sites for hydroxylation is 1. The Balaban J connectivity index is 1.99. The summed E-state index contributed by atoms with van der Waals surface area (Å²) >= 11 is 6.34. The number of carbonyl (C=O) groups is 3. The number of methoxy groups -OCH3 is 3. The second kappa shape index (κ2) is 10.4. The molecular formula is C28H24ClNO7. The molecule has 3 aromatic carbocycles. The molecule has 1 amide bonds. The molecular weight excluding hydrogens is 498 g/mol. The molecule has 0 bridgehead atoms. The number of benzene rings is 3. The smallest absolute Gasteiger partial charge is 0.337 e. The summed E-state index contributed by atoms with van der Waals surface area (Å²) in [4.78, 5) is 40.3. The molecule has 190 valence electrons. The van der Waals surface area contributed by atoms with Crippen molar-refractivity contribution in [2.75, 3.05) is 26.2 Å². The van der Waals surface area contributed by atoms with E-state index in [1.54, 1.807) is 55.5 Å². The van der Waals surface area contributed by atoms with Gasteiger partial charge >= 0.3 is 5.97 Å². The van der Waals surface area contributed by atoms with Gasteiger partial charge in [-0.25, -0.2) is 4.79 Å². The van der Waals surface area contributed by atoms with E-state index in [-0.39, 0.29) is 33.2 Å². The van der Waals surface area contributed by atoms with Gasteiger partial charge in [-0.2, -0.15) is 0 Å². The van der Waals surface area contributed by atoms with E-state index < -0.39 is 29.5 Å². The summed E-state index contributed by atoms with van der Waals surface area (Å²) in [7, 11) is 4.16. The fourth-order valence-electron chi connectivity index (χ4n) is 4.36. The van der Waals surface area contributed by atoms with Crippen LogP contribution < -0.4 is 14.4 Å². The van der Waals surface area contributed by atoms with Crippen LogP contribution >= 0.6 is 11.6 Å². The van der Waals surface area contributed by atoms with Gasteiger partial charge in [0.1, 0.15) is 17.3 Å². The number of aliphatic hydroxyl groups is 1. The van der Waals surface area contributed by atoms with Gasteiger partial charge < -0.3 is 19.3 Å². The molecule has 1 heterocycles. The van der Waals surface area contributed by atoms with E-state index in [4.69, 9.17) is 25.8 Å². The molecule has 4 rings (SSSR count). The van der Waals surface area contributed by atoms with Gasteiger partial charge in [0.2, 0.25) is 0 Å². The highest BCUT2D eigenvalue weighted by Gasteiger charge is 2.47. The summed E-state index contributed by atoms with van der Waals surface area (Å²) in [6.45, 7) is 1.78. The molecule has 0 aromatic heterocycles. The van der Waals surface area contributed by atoms with Gasteiger partial charge in [0, 0.05) is 5.69 Å². The lowest BCUT2D eigenvalue weighted by Gasteiger charge is -2.26. The average molecular weight is 522 g/mol. The van der Waals surface area contributed by atoms with Crippen molar-refractivity contribution in [1.29, 1.82) is 0 Å². The molecule has 1 aliphatic rings. The fraction of sp³-hybridized carbons (Fsp3) is 0.179. The van der Waals surface area contributed by atoms with Crippen LogP contribution in [-0.2, 0) is 14.3 Å². The van der Waals surface area contributed by atoms with E-state index in [0.29, 0.717) is 16.9 Å². The van der Waals surface area contributed by atoms with Crippen molar-refractivity contribution in [3.05, 3.63) is 93.5 Å². The van der Waals surface area contributed by atoms with Gasteiger partial charge in [-0.1, -0.05) is 29.8 Å². The van der Waals surface area contributed by atoms with E-state index in [0.717, 1.165) is 0 Å². The molecule has 0 radical (unpaired) electrons. The number of amides is 1. The van der Waals surface area contributed by atoms with Crippen molar-refractivity contribution in [2.45, 2.75) is 13.0 Å². The lowest BCUT2D eigenvalue weighted by atomic mass is 9.94. The number of Topliss-reactive ketones (excluding diaryl/α,β-unsaturated/α-hetero) is 1. The first-order valence-electron chi connectivity index (χ1n) is 11.2. The summed E-state index contributed by atoms with van der Waals surface area (Å²) in [5.74, 6) is -2.08. The Labute approximate surface area is 218 Å². The summed E-state index contributed by atoms with van der Waals surface area (Å²) in [5.41, 5.74) is 1.74. The standard InChI is InChI=1S/C28H24ClNO7/c1-15-12-20(26(36-3)21(29)13-15)24(31)22-23(16-8-10-19(35-2)11-9-16)30(27(33)25(22)32)18-7-5-6-17(14-18)28(34)37-4/h5-14,23,31H,1-4H3/b24-22+. The van der Waals surface area contributed by atoms with Crippen molar-refractivity contribution in [3.8, 4) is 11.5 Å². The van der Waals surface area contributed by atoms with Crippen LogP contribution in [0.2, 0.25) is 5.02 Å². The van der Waals surface area contributed by atoms with E-state index in [9.17, 15) is 19.5 Å². The highest BCUT2D eigenvalue weighted by atomic mass is 35.5. The predicted molar refractivity (Wildman–Crippen MR) is 138 cm³/mol. The van der Waals surface area contributed by atoms with Gasteiger partial charge in [-0.05, 0) is 60.5 Å². The number of halogens is 1. The van der Waals surface area contributed by atoms with Crippen LogP contribution in [0.3, 0.4) is 0 Å². The second-order valence-electron chi connectivity index (χ2n) is 8.31. The number of ether oxygens (including phenoxy) is 3. The molecule has 0 spiro atoms. The zero-order chi connectivity index (χ0) is 26.9. The van der Waals surface area contributed by atoms with Crippen molar-refractivity contribution in [2.24, 2.45) is 0 Å². The number of carbonyl (C=O) groups excluding carboxylic acids is 3. The molecule has 1 fully saturated rings. The molecule has 1 N–H and O–H groups in total. The molecule has 37 heavy (non-hydrogen) atoms. The summed E-state index contributed by atoms with van der Waals surface area (Å²) in [6, 6.07) is 15.2. The van der Waals surface area contributed by atoms with Gasteiger partial charge in [-0.3, -0.25) is 14.5 Å². The van der Waals surface area contributed by atoms with E-state index in [1.807, 2.05) is 0 Å². The summed E-state index contributed by atoms with van der Waals surface area (Å²) in [5, 5.41) is 11.7. The minimum atomic E-state index is -1.03. The number of hydrogen-bond donors (Lipinski definition) is 1. The number of anilines is 1. The normalized spacial score (nSPS) is 16.6. The highest BCUT2D eigenvalue weighted by molar-refractivity contribution is 6.51. The molecule has 9 heteroatoms. The molecule has 0 aliphatic carbocycles. The maximum atomic E-state index is 13.5. The van der Waals surface area contributed by atoms with Crippen LogP contribution in [0.15, 0.2) is 66.2 Å². The maximum absolute atomic E-state index is 13.5. The van der Waals surface area contributed by atoms with Crippen molar-refractivity contribution in [3.63, 3.8) is 0 Å². The van der Waals surface area contributed by atoms with Crippen LogP contribution in [0.4, 0.5) is 5.69 Å². The minimum Gasteiger partial charge on any atom is -0.507 e. The zero-order valence-corrected chi connectivity index (χ0v) is 21.3. The first-order chi connectivity index (χ1) is 17.7. The number of esters is 1. The quantitative estimate of drug-likeness (QED) is 0.209. The summed E-state index contributed by atoms with van der Waals surface area (Å²) < 4.78 is 15.5. The Kier molecular flexibility index (Phi) is 7.22. The van der Waals surface area contributed by atoms with Gasteiger partial charge in [0.15, 0.2) is 0 Å². The van der Waals surface area contributed by atoms with Crippen LogP contribution in [0.1, 0.15) is 33.1 Å². The Morgan fingerprint density at radius 2 is 1.68 bits per heavy atom. The minimum absolute atomic E-state index is 0.154. The summed E-state index contributed by atoms with van der Waals surface area (Å²) in [6.07, 6.45) is 0. The number of nitrogens with zero attached hydrogens (tertiary/aromatic N) is 1. The maximum Gasteiger partial charge on any atom is 0.337 e. The third-order valence-corrected chi connectivity index (χ3v) is 6.35. The Hall–Kier alpha value is -4.30. The predicted octanol–water partition coefficient (Wildman–Crippen LogP) is 5.08. The Morgan fingerprint density at radius 3 is 2.30 bits per heavy atom. The van der Waals surface area contributed by atoms with Crippen LogP contribution in [0.5, 0.6) is 11.5 Å². The van der Waals surface area contributed by atoms with Crippen LogP contribution in [-0.4, -0.2) is 44.1 Å². The first kappa shape index (κ1) is 25.8. The van der Waals surface area contributed by atoms with Crippen LogP contribution in [0.25, 0.3) is 5.76 Å². The topological polar surface area (TPSA) is 102 Å². The average Bonchev–Trinajstić information content (AvgIpc) is 3.17. The molecule has 1 unspecified atom stereocenters. The van der Waals surface area contributed by atoms with E-state index in [1.165, 1.54) is 38.4 Å². The molecule has 1 aliphatic heterocycles. The Bertz CT molecular complexity index is 1430.